The summed E-state index contributed by atoms with van der Waals surface area (Å²) >= 11 is 7.95. The van der Waals surface area contributed by atoms with Gasteiger partial charge < -0.3 is 9.47 Å². The zero-order valence-corrected chi connectivity index (χ0v) is 29.1. The monoisotopic (exact) mass is 769 g/mol. The van der Waals surface area contributed by atoms with Crippen molar-refractivity contribution in [3.05, 3.63) is 137 Å². The molecule has 0 saturated carbocycles. The van der Waals surface area contributed by atoms with Crippen molar-refractivity contribution in [2.24, 2.45) is 17.8 Å². The number of Topliss-reactive ketones (excluding diaryl/α,β-unsaturated/α-hetero) is 1. The molecule has 3 aliphatic carbocycles. The summed E-state index contributed by atoms with van der Waals surface area (Å²) in [6.45, 7) is 2.87. The normalized spacial score (nSPS) is 24.1. The maximum absolute atomic E-state index is 14.5. The summed E-state index contributed by atoms with van der Waals surface area (Å²) in [5.41, 5.74) is 4.18. The van der Waals surface area contributed by atoms with Crippen LogP contribution < -0.4 is 4.74 Å². The molecule has 1 heterocycles. The van der Waals surface area contributed by atoms with E-state index in [9.17, 15) is 24.0 Å². The molecule has 3 atom stereocenters. The number of nitrogens with zero attached hydrogens (tertiary/aromatic N) is 1. The van der Waals surface area contributed by atoms with Crippen LogP contribution in [0.25, 0.3) is 0 Å². The summed E-state index contributed by atoms with van der Waals surface area (Å²) in [4.78, 5) is 69.1. The smallest absolute Gasteiger partial charge is 0.343 e. The number of carbonyl (C=O) groups is 5. The number of hydrogen-bond donors (Lipinski definition) is 0. The highest BCUT2D eigenvalue weighted by atomic mass is 79.9. The van der Waals surface area contributed by atoms with Gasteiger partial charge in [-0.1, -0.05) is 112 Å². The number of carbonyl (C=O) groups excluding carboxylic acids is 5. The van der Waals surface area contributed by atoms with Crippen molar-refractivity contribution in [2.45, 2.75) is 28.5 Å². The number of halogens is 2. The van der Waals surface area contributed by atoms with Crippen LogP contribution in [0.5, 0.6) is 5.75 Å². The Kier molecular flexibility index (Phi) is 7.99. The van der Waals surface area contributed by atoms with E-state index in [-0.39, 0.29) is 11.3 Å². The highest BCUT2D eigenvalue weighted by molar-refractivity contribution is 9.10. The van der Waals surface area contributed by atoms with E-state index >= 15 is 0 Å². The number of hydrogen-bond acceptors (Lipinski definition) is 7. The Labute approximate surface area is 293 Å². The number of amides is 2. The van der Waals surface area contributed by atoms with Crippen LogP contribution in [0.4, 0.5) is 0 Å². The van der Waals surface area contributed by atoms with Gasteiger partial charge in [-0.25, -0.2) is 9.59 Å². The lowest BCUT2D eigenvalue weighted by atomic mass is 9.54. The van der Waals surface area contributed by atoms with Gasteiger partial charge in [0.2, 0.25) is 11.8 Å². The summed E-state index contributed by atoms with van der Waals surface area (Å²) in [6, 6.07) is 28.7. The lowest BCUT2D eigenvalue weighted by Crippen LogP contribution is -2.56. The molecular formula is C38H29Br2NO7. The minimum atomic E-state index is -1.25. The van der Waals surface area contributed by atoms with Crippen molar-refractivity contribution in [2.75, 3.05) is 6.61 Å². The van der Waals surface area contributed by atoms with E-state index in [0.29, 0.717) is 5.56 Å². The molecule has 0 radical (unpaired) electrons. The number of ether oxygens (including phenoxy) is 2. The molecule has 4 aromatic rings. The van der Waals surface area contributed by atoms with Crippen molar-refractivity contribution >= 4 is 61.4 Å². The Morgan fingerprint density at radius 2 is 1.15 bits per heavy atom. The Hall–Kier alpha value is -4.41. The van der Waals surface area contributed by atoms with Gasteiger partial charge in [-0.15, -0.1) is 0 Å². The first-order valence-electron chi connectivity index (χ1n) is 15.5. The van der Waals surface area contributed by atoms with Gasteiger partial charge in [0.15, 0.2) is 12.4 Å². The van der Waals surface area contributed by atoms with Gasteiger partial charge in [-0.05, 0) is 64.6 Å². The molecule has 2 bridgehead atoms. The summed E-state index contributed by atoms with van der Waals surface area (Å²) in [6.07, 6.45) is 0. The molecule has 4 aromatic carbocycles. The second-order valence-corrected chi connectivity index (χ2v) is 15.0. The summed E-state index contributed by atoms with van der Waals surface area (Å²) in [7, 11) is 0. The summed E-state index contributed by atoms with van der Waals surface area (Å²) < 4.78 is 8.88. The van der Waals surface area contributed by atoms with Crippen LogP contribution in [0, 0.1) is 17.8 Å². The van der Waals surface area contributed by atoms with Crippen LogP contribution in [-0.2, 0) is 27.8 Å². The molecule has 0 aromatic heterocycles. The molecule has 1 fully saturated rings. The van der Waals surface area contributed by atoms with Crippen LogP contribution in [0.1, 0.15) is 56.8 Å². The molecule has 4 aliphatic rings. The van der Waals surface area contributed by atoms with Gasteiger partial charge in [0.25, 0.3) is 0 Å². The molecule has 242 valence electrons. The zero-order chi connectivity index (χ0) is 34.0. The second kappa shape index (κ2) is 11.9. The van der Waals surface area contributed by atoms with Gasteiger partial charge >= 0.3 is 11.9 Å². The van der Waals surface area contributed by atoms with Gasteiger partial charge in [0, 0.05) is 5.56 Å². The molecule has 2 unspecified atom stereocenters. The quantitative estimate of drug-likeness (QED) is 0.0657. The first-order valence-corrected chi connectivity index (χ1v) is 17.1. The fourth-order valence-corrected chi connectivity index (χ4v) is 9.70. The Morgan fingerprint density at radius 1 is 0.688 bits per heavy atom. The highest BCUT2D eigenvalue weighted by Gasteiger charge is 2.73. The van der Waals surface area contributed by atoms with E-state index in [1.165, 1.54) is 24.3 Å². The van der Waals surface area contributed by atoms with E-state index in [1.54, 1.807) is 44.2 Å². The third kappa shape index (κ3) is 4.71. The van der Waals surface area contributed by atoms with Crippen LogP contribution in [0.15, 0.2) is 103 Å². The number of imide groups is 1. The van der Waals surface area contributed by atoms with Crippen LogP contribution in [0.2, 0.25) is 0 Å². The molecule has 0 N–H and O–H groups in total. The summed E-state index contributed by atoms with van der Waals surface area (Å²) in [5, 5.41) is 0. The van der Waals surface area contributed by atoms with Crippen molar-refractivity contribution in [3.8, 4) is 5.75 Å². The predicted molar refractivity (Wildman–Crippen MR) is 183 cm³/mol. The molecule has 0 spiro atoms. The number of rotatable bonds is 8. The fraction of sp³-hybridized carbons (Fsp3) is 0.237. The van der Waals surface area contributed by atoms with E-state index in [4.69, 9.17) is 9.47 Å². The number of esters is 2. The van der Waals surface area contributed by atoms with E-state index in [2.05, 4.69) is 31.9 Å². The third-order valence-electron chi connectivity index (χ3n) is 9.51. The van der Waals surface area contributed by atoms with Gasteiger partial charge in [-0.2, -0.15) is 0 Å². The van der Waals surface area contributed by atoms with Crippen molar-refractivity contribution in [1.82, 2.24) is 4.90 Å². The second-order valence-electron chi connectivity index (χ2n) is 12.5. The van der Waals surface area contributed by atoms with Crippen molar-refractivity contribution in [3.63, 3.8) is 0 Å². The predicted octanol–water partition coefficient (Wildman–Crippen LogP) is 6.56. The molecule has 8 nitrogen and oxygen atoms in total. The van der Waals surface area contributed by atoms with E-state index in [1.807, 2.05) is 48.5 Å². The highest BCUT2D eigenvalue weighted by Crippen LogP contribution is 2.70. The lowest BCUT2D eigenvalue weighted by molar-refractivity contribution is -0.160. The molecule has 8 rings (SSSR count). The van der Waals surface area contributed by atoms with Crippen LogP contribution in [0.3, 0.4) is 0 Å². The number of alkyl halides is 2. The molecule has 10 heteroatoms. The number of likely N-dealkylation sites (tertiary alicyclic amines) is 1. The first-order chi connectivity index (χ1) is 23.0. The standard InChI is InChI=1S/C38H29Br2NO7/c1-21(2)32(36(46)47-20-29(42)22-16-18-24(19-17-22)48-35(45)23-10-4-3-5-11-23)41-33(43)30-31(34(41)44)38(40)26-13-7-6-12-25(26)37(30,39)27-14-8-9-15-28(27)38/h3-19,21,30-32H,20H2,1-2H3/t30?,31?,32-,37?,38?/m0/s1. The number of ketones is 1. The minimum absolute atomic E-state index is 0.234. The Bertz CT molecular complexity index is 1870. The first kappa shape index (κ1) is 32.2. The van der Waals surface area contributed by atoms with E-state index < -0.39 is 68.6 Å². The van der Waals surface area contributed by atoms with Crippen LogP contribution >= 0.6 is 31.9 Å². The SMILES string of the molecule is CC(C)[C@@H](C(=O)OCC(=O)c1ccc(OC(=O)c2ccccc2)cc1)N1C(=O)C2C(C1=O)C1(Br)c3ccccc3C2(Br)c2ccccc21. The molecule has 48 heavy (non-hydrogen) atoms. The zero-order valence-electron chi connectivity index (χ0n) is 25.9. The Morgan fingerprint density at radius 3 is 1.60 bits per heavy atom. The molecule has 1 saturated heterocycles. The van der Waals surface area contributed by atoms with Gasteiger partial charge in [0.05, 0.1) is 26.0 Å². The molecule has 2 amide bonds. The lowest BCUT2D eigenvalue weighted by Gasteiger charge is -2.55. The molecular weight excluding hydrogens is 742 g/mol. The maximum atomic E-state index is 14.5. The third-order valence-corrected chi connectivity index (χ3v) is 12.2. The van der Waals surface area contributed by atoms with Gasteiger partial charge in [0.1, 0.15) is 11.8 Å². The maximum Gasteiger partial charge on any atom is 0.343 e. The number of benzene rings is 4. The van der Waals surface area contributed by atoms with Crippen molar-refractivity contribution in [1.29, 1.82) is 0 Å². The average Bonchev–Trinajstić information content (AvgIpc) is 3.37. The average molecular weight is 771 g/mol. The largest absolute Gasteiger partial charge is 0.456 e. The minimum Gasteiger partial charge on any atom is -0.456 e. The molecule has 1 aliphatic heterocycles. The van der Waals surface area contributed by atoms with E-state index in [0.717, 1.165) is 27.2 Å². The van der Waals surface area contributed by atoms with Crippen LogP contribution in [-0.4, -0.2) is 47.1 Å². The summed E-state index contributed by atoms with van der Waals surface area (Å²) in [5.74, 6) is -4.75. The van der Waals surface area contributed by atoms with Gasteiger partial charge in [-0.3, -0.25) is 19.3 Å². The Balaban J connectivity index is 1.11. The van der Waals surface area contributed by atoms with Crippen molar-refractivity contribution < 1.29 is 33.4 Å². The fourth-order valence-electron chi connectivity index (χ4n) is 7.39. The topological polar surface area (TPSA) is 107 Å².